The molecule has 0 saturated carbocycles. The highest BCUT2D eigenvalue weighted by Gasteiger charge is 2.17. The lowest BCUT2D eigenvalue weighted by Gasteiger charge is -2.20. The molecule has 17 heavy (non-hydrogen) atoms. The maximum atomic E-state index is 11.2. The van der Waals surface area contributed by atoms with Gasteiger partial charge in [-0.1, -0.05) is 19.1 Å². The average molecular weight is 237 g/mol. The molecule has 0 aromatic heterocycles. The smallest absolute Gasteiger partial charge is 0.220 e. The zero-order valence-electron chi connectivity index (χ0n) is 10.4. The van der Waals surface area contributed by atoms with Crippen LogP contribution in [0.3, 0.4) is 0 Å². The molecule has 1 aromatic carbocycles. The zero-order chi connectivity index (χ0) is 12.8. The van der Waals surface area contributed by atoms with Gasteiger partial charge >= 0.3 is 0 Å². The number of carbonyl (C=O) groups excluding carboxylic acids is 1. The van der Waals surface area contributed by atoms with Crippen LogP contribution in [0.4, 0.5) is 0 Å². The minimum absolute atomic E-state index is 0.0648. The van der Waals surface area contributed by atoms with Gasteiger partial charge < -0.3 is 15.2 Å². The lowest BCUT2D eigenvalue weighted by molar-refractivity contribution is -0.122. The molecule has 1 aromatic rings. The van der Waals surface area contributed by atoms with Gasteiger partial charge in [0, 0.05) is 6.42 Å². The van der Waals surface area contributed by atoms with Crippen LogP contribution in [-0.2, 0) is 4.79 Å². The molecular formula is C13H19NO3. The molecule has 1 rings (SSSR count). The molecule has 4 heteroatoms. The van der Waals surface area contributed by atoms with Gasteiger partial charge in [-0.15, -0.1) is 0 Å². The van der Waals surface area contributed by atoms with E-state index in [1.54, 1.807) is 45.2 Å². The summed E-state index contributed by atoms with van der Waals surface area (Å²) in [5.41, 5.74) is 0.759. The fraction of sp³-hybridized carbons (Fsp3) is 0.462. The minimum Gasteiger partial charge on any atom is -0.497 e. The molecule has 0 fully saturated rings. The molecule has 2 N–H and O–H groups in total. The summed E-state index contributed by atoms with van der Waals surface area (Å²) in [7, 11) is 1.59. The van der Waals surface area contributed by atoms with Crippen molar-refractivity contribution in [3.05, 3.63) is 29.8 Å². The SMILES string of the molecule is CCC(=O)NC(C)C(O)c1ccc(OC)cc1. The van der Waals surface area contributed by atoms with E-state index in [1.165, 1.54) is 0 Å². The normalized spacial score (nSPS) is 13.9. The molecule has 94 valence electrons. The third kappa shape index (κ3) is 3.75. The molecule has 2 atom stereocenters. The second-order valence-corrected chi connectivity index (χ2v) is 3.93. The van der Waals surface area contributed by atoms with Crippen molar-refractivity contribution in [2.75, 3.05) is 7.11 Å². The van der Waals surface area contributed by atoms with Crippen LogP contribution in [-0.4, -0.2) is 24.2 Å². The molecule has 0 saturated heterocycles. The van der Waals surface area contributed by atoms with E-state index < -0.39 is 6.10 Å². The molecule has 0 aliphatic heterocycles. The fourth-order valence-electron chi connectivity index (χ4n) is 1.52. The Bertz CT molecular complexity index is 361. The van der Waals surface area contributed by atoms with Crippen LogP contribution >= 0.6 is 0 Å². The summed E-state index contributed by atoms with van der Waals surface area (Å²) in [6, 6.07) is 6.84. The van der Waals surface area contributed by atoms with Crippen molar-refractivity contribution >= 4 is 5.91 Å². The molecule has 0 radical (unpaired) electrons. The first-order valence-electron chi connectivity index (χ1n) is 5.69. The topological polar surface area (TPSA) is 58.6 Å². The maximum absolute atomic E-state index is 11.2. The summed E-state index contributed by atoms with van der Waals surface area (Å²) in [6.45, 7) is 3.56. The van der Waals surface area contributed by atoms with E-state index in [2.05, 4.69) is 5.32 Å². The molecule has 1 amide bonds. The van der Waals surface area contributed by atoms with Crippen molar-refractivity contribution < 1.29 is 14.6 Å². The molecule has 0 heterocycles. The number of methoxy groups -OCH3 is 1. The maximum Gasteiger partial charge on any atom is 0.220 e. The van der Waals surface area contributed by atoms with E-state index in [0.29, 0.717) is 6.42 Å². The number of benzene rings is 1. The number of nitrogens with one attached hydrogen (secondary N) is 1. The first-order chi connectivity index (χ1) is 8.08. The minimum atomic E-state index is -0.712. The summed E-state index contributed by atoms with van der Waals surface area (Å²) in [5.74, 6) is 0.677. The van der Waals surface area contributed by atoms with E-state index in [1.807, 2.05) is 0 Å². The van der Waals surface area contributed by atoms with Gasteiger partial charge in [-0.05, 0) is 24.6 Å². The van der Waals surface area contributed by atoms with Gasteiger partial charge in [-0.25, -0.2) is 0 Å². The summed E-state index contributed by atoms with van der Waals surface area (Å²) < 4.78 is 5.04. The first kappa shape index (κ1) is 13.5. The molecule has 0 bridgehead atoms. The third-order valence-corrected chi connectivity index (χ3v) is 2.64. The van der Waals surface area contributed by atoms with Crippen LogP contribution in [0.1, 0.15) is 31.9 Å². The Kier molecular flexibility index (Phi) is 4.97. The van der Waals surface area contributed by atoms with E-state index in [4.69, 9.17) is 4.74 Å². The standard InChI is InChI=1S/C13H19NO3/c1-4-12(15)14-9(2)13(16)10-5-7-11(17-3)8-6-10/h5-9,13,16H,4H2,1-3H3,(H,14,15). The van der Waals surface area contributed by atoms with Crippen molar-refractivity contribution in [3.8, 4) is 5.75 Å². The van der Waals surface area contributed by atoms with Gasteiger partial charge in [0.25, 0.3) is 0 Å². The first-order valence-corrected chi connectivity index (χ1v) is 5.69. The Morgan fingerprint density at radius 2 is 2.00 bits per heavy atom. The van der Waals surface area contributed by atoms with Crippen LogP contribution in [0, 0.1) is 0 Å². The summed E-state index contributed by atoms with van der Waals surface area (Å²) in [4.78, 5) is 11.2. The highest BCUT2D eigenvalue weighted by molar-refractivity contribution is 5.75. The van der Waals surface area contributed by atoms with Crippen LogP contribution < -0.4 is 10.1 Å². The van der Waals surface area contributed by atoms with Gasteiger partial charge in [0.2, 0.25) is 5.91 Å². The highest BCUT2D eigenvalue weighted by atomic mass is 16.5. The Balaban J connectivity index is 2.67. The van der Waals surface area contributed by atoms with E-state index in [9.17, 15) is 9.90 Å². The van der Waals surface area contributed by atoms with Gasteiger partial charge in [-0.2, -0.15) is 0 Å². The van der Waals surface area contributed by atoms with Crippen molar-refractivity contribution in [3.63, 3.8) is 0 Å². The van der Waals surface area contributed by atoms with Gasteiger partial charge in [0.15, 0.2) is 0 Å². The second kappa shape index (κ2) is 6.25. The third-order valence-electron chi connectivity index (χ3n) is 2.64. The second-order valence-electron chi connectivity index (χ2n) is 3.93. The lowest BCUT2D eigenvalue weighted by atomic mass is 10.0. The van der Waals surface area contributed by atoms with Gasteiger partial charge in [-0.3, -0.25) is 4.79 Å². The van der Waals surface area contributed by atoms with Crippen molar-refractivity contribution in [1.82, 2.24) is 5.32 Å². The van der Waals surface area contributed by atoms with Gasteiger partial charge in [0.1, 0.15) is 5.75 Å². The van der Waals surface area contributed by atoms with Crippen LogP contribution in [0.5, 0.6) is 5.75 Å². The number of carbonyl (C=O) groups is 1. The number of aliphatic hydroxyl groups excluding tert-OH is 1. The number of ether oxygens (including phenoxy) is 1. The zero-order valence-corrected chi connectivity index (χ0v) is 10.4. The Morgan fingerprint density at radius 3 is 2.47 bits per heavy atom. The highest BCUT2D eigenvalue weighted by Crippen LogP contribution is 2.20. The van der Waals surface area contributed by atoms with Crippen molar-refractivity contribution in [2.24, 2.45) is 0 Å². The van der Waals surface area contributed by atoms with E-state index >= 15 is 0 Å². The number of amides is 1. The number of hydrogen-bond acceptors (Lipinski definition) is 3. The number of aliphatic hydroxyl groups is 1. The predicted molar refractivity (Wildman–Crippen MR) is 65.8 cm³/mol. The van der Waals surface area contributed by atoms with Crippen molar-refractivity contribution in [1.29, 1.82) is 0 Å². The molecular weight excluding hydrogens is 218 g/mol. The molecule has 0 spiro atoms. The Hall–Kier alpha value is -1.55. The fourth-order valence-corrected chi connectivity index (χ4v) is 1.52. The molecule has 0 aliphatic carbocycles. The predicted octanol–water partition coefficient (Wildman–Crippen LogP) is 1.64. The Labute approximate surface area is 102 Å². The number of hydrogen-bond donors (Lipinski definition) is 2. The van der Waals surface area contributed by atoms with Crippen LogP contribution in [0.25, 0.3) is 0 Å². The lowest BCUT2D eigenvalue weighted by Crippen LogP contribution is -2.36. The van der Waals surface area contributed by atoms with Gasteiger partial charge in [0.05, 0.1) is 19.3 Å². The van der Waals surface area contributed by atoms with Crippen LogP contribution in [0.15, 0.2) is 24.3 Å². The van der Waals surface area contributed by atoms with Crippen LogP contribution in [0.2, 0.25) is 0 Å². The van der Waals surface area contributed by atoms with E-state index in [0.717, 1.165) is 11.3 Å². The molecule has 4 nitrogen and oxygen atoms in total. The molecule has 0 aliphatic rings. The average Bonchev–Trinajstić information content (AvgIpc) is 2.37. The number of rotatable bonds is 5. The largest absolute Gasteiger partial charge is 0.497 e. The molecule has 2 unspecified atom stereocenters. The summed E-state index contributed by atoms with van der Waals surface area (Å²) in [6.07, 6.45) is -0.295. The monoisotopic (exact) mass is 237 g/mol. The Morgan fingerprint density at radius 1 is 1.41 bits per heavy atom. The van der Waals surface area contributed by atoms with E-state index in [-0.39, 0.29) is 11.9 Å². The summed E-state index contributed by atoms with van der Waals surface area (Å²) in [5, 5.41) is 12.8. The quantitative estimate of drug-likeness (QED) is 0.818. The van der Waals surface area contributed by atoms with Crippen molar-refractivity contribution in [2.45, 2.75) is 32.4 Å². The summed E-state index contributed by atoms with van der Waals surface area (Å²) >= 11 is 0.